The standard InChI is InChI=1S/C20H28N4O/c1-2-5-15-12-19(23-22-15)20(25)24-10-8-14(9-11-24)17-13-21-18-7-4-3-6-16(17)18/h3-4,6-7,13-15,19,21-23H,2,5,8-12H2,1H3. The second-order valence-corrected chi connectivity index (χ2v) is 7.45. The van der Waals surface area contributed by atoms with Gasteiger partial charge in [0, 0.05) is 36.2 Å². The van der Waals surface area contributed by atoms with Crippen LogP contribution in [0.5, 0.6) is 0 Å². The number of hydrogen-bond acceptors (Lipinski definition) is 3. The van der Waals surface area contributed by atoms with Crippen LogP contribution in [-0.2, 0) is 4.79 Å². The summed E-state index contributed by atoms with van der Waals surface area (Å²) in [4.78, 5) is 18.2. The molecule has 134 valence electrons. The number of likely N-dealkylation sites (tertiary alicyclic amines) is 1. The summed E-state index contributed by atoms with van der Waals surface area (Å²) in [7, 11) is 0. The quantitative estimate of drug-likeness (QED) is 0.802. The van der Waals surface area contributed by atoms with Crippen LogP contribution in [0, 0.1) is 0 Å². The molecule has 3 N–H and O–H groups in total. The van der Waals surface area contributed by atoms with E-state index in [1.807, 2.05) is 0 Å². The van der Waals surface area contributed by atoms with Gasteiger partial charge in [-0.05, 0) is 43.2 Å². The number of H-pyrrole nitrogens is 1. The van der Waals surface area contributed by atoms with Gasteiger partial charge in [-0.1, -0.05) is 31.5 Å². The van der Waals surface area contributed by atoms with E-state index in [4.69, 9.17) is 0 Å². The van der Waals surface area contributed by atoms with E-state index in [0.717, 1.165) is 45.2 Å². The zero-order valence-electron chi connectivity index (χ0n) is 14.9. The monoisotopic (exact) mass is 340 g/mol. The minimum Gasteiger partial charge on any atom is -0.361 e. The molecule has 2 fully saturated rings. The van der Waals surface area contributed by atoms with Gasteiger partial charge in [0.25, 0.3) is 0 Å². The Hall–Kier alpha value is -1.85. The number of hydrogen-bond donors (Lipinski definition) is 3. The van der Waals surface area contributed by atoms with Crippen LogP contribution in [0.1, 0.15) is 50.5 Å². The maximum Gasteiger partial charge on any atom is 0.241 e. The molecule has 1 amide bonds. The number of fused-ring (bicyclic) bond motifs is 1. The molecule has 2 aromatic rings. The number of aromatic amines is 1. The first-order valence-corrected chi connectivity index (χ1v) is 9.62. The fourth-order valence-electron chi connectivity index (χ4n) is 4.38. The van der Waals surface area contributed by atoms with E-state index in [1.165, 1.54) is 16.5 Å². The summed E-state index contributed by atoms with van der Waals surface area (Å²) in [6.45, 7) is 3.91. The van der Waals surface area contributed by atoms with E-state index in [1.54, 1.807) is 0 Å². The molecule has 2 aliphatic heterocycles. The van der Waals surface area contributed by atoms with Crippen molar-refractivity contribution >= 4 is 16.8 Å². The van der Waals surface area contributed by atoms with E-state index in [2.05, 4.69) is 58.1 Å². The molecule has 2 saturated heterocycles. The van der Waals surface area contributed by atoms with Gasteiger partial charge in [0.05, 0.1) is 0 Å². The maximum absolute atomic E-state index is 12.8. The molecule has 2 aliphatic rings. The number of benzene rings is 1. The Morgan fingerprint density at radius 2 is 2.00 bits per heavy atom. The first-order chi connectivity index (χ1) is 12.3. The van der Waals surface area contributed by atoms with Crippen molar-refractivity contribution in [3.63, 3.8) is 0 Å². The molecule has 2 unspecified atom stereocenters. The molecule has 2 atom stereocenters. The second kappa shape index (κ2) is 7.18. The Labute approximate surface area is 149 Å². The van der Waals surface area contributed by atoms with Crippen LogP contribution in [0.4, 0.5) is 0 Å². The van der Waals surface area contributed by atoms with Crippen molar-refractivity contribution in [3.05, 3.63) is 36.0 Å². The fourth-order valence-corrected chi connectivity index (χ4v) is 4.38. The third-order valence-corrected chi connectivity index (χ3v) is 5.78. The number of aromatic nitrogens is 1. The minimum absolute atomic E-state index is 0.0545. The van der Waals surface area contributed by atoms with Crippen LogP contribution < -0.4 is 10.9 Å². The Bertz CT molecular complexity index is 732. The summed E-state index contributed by atoms with van der Waals surface area (Å²) in [5.41, 5.74) is 9.10. The average Bonchev–Trinajstić information content (AvgIpc) is 3.29. The van der Waals surface area contributed by atoms with Gasteiger partial charge in [-0.15, -0.1) is 0 Å². The summed E-state index contributed by atoms with van der Waals surface area (Å²) in [6.07, 6.45) is 7.44. The van der Waals surface area contributed by atoms with Crippen molar-refractivity contribution in [2.75, 3.05) is 13.1 Å². The zero-order chi connectivity index (χ0) is 17.2. The Morgan fingerprint density at radius 3 is 2.80 bits per heavy atom. The molecule has 5 heteroatoms. The topological polar surface area (TPSA) is 60.2 Å². The van der Waals surface area contributed by atoms with Gasteiger partial charge in [0.2, 0.25) is 5.91 Å². The van der Waals surface area contributed by atoms with Crippen LogP contribution in [0.15, 0.2) is 30.5 Å². The SMILES string of the molecule is CCCC1CC(C(=O)N2CCC(c3c[nH]c4ccccc34)CC2)NN1. The highest BCUT2D eigenvalue weighted by molar-refractivity contribution is 5.84. The van der Waals surface area contributed by atoms with Gasteiger partial charge in [-0.2, -0.15) is 0 Å². The number of carbonyl (C=O) groups excluding carboxylic acids is 1. The molecule has 25 heavy (non-hydrogen) atoms. The molecule has 4 rings (SSSR count). The van der Waals surface area contributed by atoms with Crippen molar-refractivity contribution in [2.24, 2.45) is 0 Å². The molecule has 5 nitrogen and oxygen atoms in total. The molecule has 1 aromatic heterocycles. The maximum atomic E-state index is 12.8. The molecule has 0 radical (unpaired) electrons. The number of para-hydroxylation sites is 1. The molecule has 1 aromatic carbocycles. The highest BCUT2D eigenvalue weighted by Gasteiger charge is 2.33. The van der Waals surface area contributed by atoms with Crippen LogP contribution in [0.3, 0.4) is 0 Å². The number of carbonyl (C=O) groups is 1. The van der Waals surface area contributed by atoms with Gasteiger partial charge in [0.1, 0.15) is 6.04 Å². The van der Waals surface area contributed by atoms with Crippen LogP contribution in [-0.4, -0.2) is 41.0 Å². The lowest BCUT2D eigenvalue weighted by Crippen LogP contribution is -2.48. The summed E-state index contributed by atoms with van der Waals surface area (Å²) in [5, 5.41) is 1.33. The lowest BCUT2D eigenvalue weighted by molar-refractivity contribution is -0.134. The van der Waals surface area contributed by atoms with Gasteiger partial charge < -0.3 is 9.88 Å². The normalized spacial score (nSPS) is 24.9. The fraction of sp³-hybridized carbons (Fsp3) is 0.550. The van der Waals surface area contributed by atoms with E-state index < -0.39 is 0 Å². The number of rotatable bonds is 4. The van der Waals surface area contributed by atoms with Gasteiger partial charge >= 0.3 is 0 Å². The first kappa shape index (κ1) is 16.6. The molecule has 0 aliphatic carbocycles. The largest absolute Gasteiger partial charge is 0.361 e. The number of piperidine rings is 1. The Balaban J connectivity index is 1.36. The first-order valence-electron chi connectivity index (χ1n) is 9.62. The number of nitrogens with one attached hydrogen (secondary N) is 3. The number of hydrazine groups is 1. The average molecular weight is 340 g/mol. The van der Waals surface area contributed by atoms with E-state index in [9.17, 15) is 4.79 Å². The van der Waals surface area contributed by atoms with Crippen LogP contribution in [0.25, 0.3) is 10.9 Å². The van der Waals surface area contributed by atoms with Crippen molar-refractivity contribution in [1.82, 2.24) is 20.7 Å². The van der Waals surface area contributed by atoms with Crippen molar-refractivity contribution in [2.45, 2.75) is 57.0 Å². The Morgan fingerprint density at radius 1 is 1.20 bits per heavy atom. The molecule has 0 saturated carbocycles. The molecular weight excluding hydrogens is 312 g/mol. The predicted molar refractivity (Wildman–Crippen MR) is 100 cm³/mol. The lowest BCUT2D eigenvalue weighted by atomic mass is 9.89. The van der Waals surface area contributed by atoms with E-state index >= 15 is 0 Å². The zero-order valence-corrected chi connectivity index (χ0v) is 14.9. The van der Waals surface area contributed by atoms with E-state index in [0.29, 0.717) is 12.0 Å². The highest BCUT2D eigenvalue weighted by atomic mass is 16.2. The molecule has 0 bridgehead atoms. The molecule has 0 spiro atoms. The number of nitrogens with zero attached hydrogens (tertiary/aromatic N) is 1. The van der Waals surface area contributed by atoms with Crippen LogP contribution in [0.2, 0.25) is 0 Å². The van der Waals surface area contributed by atoms with Crippen LogP contribution >= 0.6 is 0 Å². The minimum atomic E-state index is -0.0545. The van der Waals surface area contributed by atoms with Gasteiger partial charge in [0.15, 0.2) is 0 Å². The van der Waals surface area contributed by atoms with Gasteiger partial charge in [-0.3, -0.25) is 10.2 Å². The van der Waals surface area contributed by atoms with Crippen molar-refractivity contribution in [3.8, 4) is 0 Å². The summed E-state index contributed by atoms with van der Waals surface area (Å²) in [6, 6.07) is 8.87. The molecular formula is C20H28N4O. The lowest BCUT2D eigenvalue weighted by Gasteiger charge is -2.33. The molecule has 3 heterocycles. The van der Waals surface area contributed by atoms with Gasteiger partial charge in [-0.25, -0.2) is 5.43 Å². The third-order valence-electron chi connectivity index (χ3n) is 5.78. The van der Waals surface area contributed by atoms with Crippen molar-refractivity contribution < 1.29 is 4.79 Å². The highest BCUT2D eigenvalue weighted by Crippen LogP contribution is 2.33. The predicted octanol–water partition coefficient (Wildman–Crippen LogP) is 2.91. The number of amides is 1. The van der Waals surface area contributed by atoms with E-state index in [-0.39, 0.29) is 11.9 Å². The second-order valence-electron chi connectivity index (χ2n) is 7.45. The summed E-state index contributed by atoms with van der Waals surface area (Å²) >= 11 is 0. The Kier molecular flexibility index (Phi) is 4.77. The smallest absolute Gasteiger partial charge is 0.241 e. The summed E-state index contributed by atoms with van der Waals surface area (Å²) < 4.78 is 0. The van der Waals surface area contributed by atoms with Crippen molar-refractivity contribution in [1.29, 1.82) is 0 Å². The third kappa shape index (κ3) is 3.31. The summed E-state index contributed by atoms with van der Waals surface area (Å²) in [5.74, 6) is 0.811.